The van der Waals surface area contributed by atoms with Gasteiger partial charge in [-0.15, -0.1) is 0 Å². The molecule has 4 nitrogen and oxygen atoms in total. The molecule has 0 fully saturated rings. The lowest BCUT2D eigenvalue weighted by Gasteiger charge is -2.07. The maximum absolute atomic E-state index is 13.2. The molecule has 0 unspecified atom stereocenters. The van der Waals surface area contributed by atoms with Gasteiger partial charge in [-0.25, -0.2) is 8.78 Å². The van der Waals surface area contributed by atoms with Gasteiger partial charge >= 0.3 is 0 Å². The van der Waals surface area contributed by atoms with Gasteiger partial charge in [0, 0.05) is 30.1 Å². The molecule has 2 aromatic carbocycles. The highest BCUT2D eigenvalue weighted by molar-refractivity contribution is 5.83. The Hall–Kier alpha value is -2.89. The maximum atomic E-state index is 13.2. The number of aromatic hydroxyl groups is 1. The maximum Gasteiger partial charge on any atom is 0.220 e. The van der Waals surface area contributed by atoms with Crippen molar-refractivity contribution in [2.45, 2.75) is 25.8 Å². The van der Waals surface area contributed by atoms with Crippen LogP contribution in [0.1, 0.15) is 24.0 Å². The van der Waals surface area contributed by atoms with Gasteiger partial charge in [0.05, 0.1) is 0 Å². The molecule has 3 rings (SSSR count). The summed E-state index contributed by atoms with van der Waals surface area (Å²) in [5.74, 6) is -3.27. The van der Waals surface area contributed by atoms with Crippen molar-refractivity contribution >= 4 is 16.8 Å². The number of phenols is 1. The number of aryl methyl sites for hydroxylation is 1. The van der Waals surface area contributed by atoms with E-state index in [9.17, 15) is 13.6 Å². The number of halogens is 2. The van der Waals surface area contributed by atoms with Gasteiger partial charge in [0.1, 0.15) is 0 Å². The van der Waals surface area contributed by atoms with Gasteiger partial charge in [0.15, 0.2) is 17.4 Å². The molecule has 0 aliphatic carbocycles. The molecule has 0 atom stereocenters. The molecule has 130 valence electrons. The van der Waals surface area contributed by atoms with Gasteiger partial charge in [-0.3, -0.25) is 4.79 Å². The van der Waals surface area contributed by atoms with E-state index in [1.54, 1.807) is 0 Å². The summed E-state index contributed by atoms with van der Waals surface area (Å²) in [7, 11) is 0. The number of aromatic nitrogens is 1. The van der Waals surface area contributed by atoms with Crippen LogP contribution in [0.3, 0.4) is 0 Å². The Morgan fingerprint density at radius 2 is 1.88 bits per heavy atom. The Morgan fingerprint density at radius 1 is 1.16 bits per heavy atom. The smallest absolute Gasteiger partial charge is 0.220 e. The van der Waals surface area contributed by atoms with Crippen molar-refractivity contribution in [1.29, 1.82) is 0 Å². The number of aromatic amines is 1. The van der Waals surface area contributed by atoms with Crippen molar-refractivity contribution in [2.75, 3.05) is 0 Å². The van der Waals surface area contributed by atoms with Crippen LogP contribution < -0.4 is 5.32 Å². The predicted octanol–water partition coefficient (Wildman–Crippen LogP) is 3.79. The summed E-state index contributed by atoms with van der Waals surface area (Å²) in [5, 5.41) is 12.8. The first-order valence-electron chi connectivity index (χ1n) is 8.03. The summed E-state index contributed by atoms with van der Waals surface area (Å²) in [5.41, 5.74) is 2.49. The Kier molecular flexibility index (Phi) is 4.97. The van der Waals surface area contributed by atoms with E-state index in [2.05, 4.69) is 10.3 Å². The molecule has 0 bridgehead atoms. The van der Waals surface area contributed by atoms with Crippen LogP contribution in [-0.4, -0.2) is 16.0 Å². The minimum Gasteiger partial charge on any atom is -0.503 e. The molecule has 0 aliphatic rings. The topological polar surface area (TPSA) is 65.1 Å². The molecule has 25 heavy (non-hydrogen) atoms. The molecule has 0 saturated heterocycles. The highest BCUT2D eigenvalue weighted by Crippen LogP contribution is 2.21. The average Bonchev–Trinajstić information content (AvgIpc) is 3.01. The molecule has 6 heteroatoms. The normalized spacial score (nSPS) is 11.0. The molecular weight excluding hydrogens is 326 g/mol. The van der Waals surface area contributed by atoms with Gasteiger partial charge in [-0.1, -0.05) is 18.2 Å². The predicted molar refractivity (Wildman–Crippen MR) is 91.1 cm³/mol. The number of hydrogen-bond donors (Lipinski definition) is 3. The van der Waals surface area contributed by atoms with Crippen LogP contribution in [0.15, 0.2) is 42.6 Å². The Labute approximate surface area is 143 Å². The average molecular weight is 344 g/mol. The molecule has 1 aromatic heterocycles. The van der Waals surface area contributed by atoms with Gasteiger partial charge < -0.3 is 15.4 Å². The lowest BCUT2D eigenvalue weighted by Crippen LogP contribution is -2.22. The first kappa shape index (κ1) is 17.0. The highest BCUT2D eigenvalue weighted by atomic mass is 19.1. The molecule has 1 amide bonds. The van der Waals surface area contributed by atoms with Crippen molar-refractivity contribution in [3.63, 3.8) is 0 Å². The Morgan fingerprint density at radius 3 is 2.64 bits per heavy atom. The molecule has 0 saturated carbocycles. The zero-order valence-electron chi connectivity index (χ0n) is 13.5. The number of H-pyrrole nitrogens is 1. The van der Waals surface area contributed by atoms with Crippen molar-refractivity contribution in [3.8, 4) is 5.75 Å². The molecule has 3 N–H and O–H groups in total. The number of nitrogens with one attached hydrogen (secondary N) is 2. The number of hydrogen-bond acceptors (Lipinski definition) is 2. The van der Waals surface area contributed by atoms with E-state index in [1.165, 1.54) is 0 Å². The number of rotatable bonds is 6. The van der Waals surface area contributed by atoms with Crippen molar-refractivity contribution in [2.24, 2.45) is 0 Å². The largest absolute Gasteiger partial charge is 0.503 e. The van der Waals surface area contributed by atoms with Crippen LogP contribution in [-0.2, 0) is 17.8 Å². The van der Waals surface area contributed by atoms with E-state index in [0.29, 0.717) is 12.8 Å². The number of fused-ring (bicyclic) bond motifs is 1. The van der Waals surface area contributed by atoms with Crippen LogP contribution in [0.5, 0.6) is 5.75 Å². The van der Waals surface area contributed by atoms with E-state index in [1.807, 2.05) is 30.5 Å². The molecular formula is C19H18F2N2O2. The molecule has 0 radical (unpaired) electrons. The van der Waals surface area contributed by atoms with Gasteiger partial charge in [0.25, 0.3) is 0 Å². The van der Waals surface area contributed by atoms with Crippen molar-refractivity contribution in [1.82, 2.24) is 10.3 Å². The van der Waals surface area contributed by atoms with Gasteiger partial charge in [-0.05, 0) is 42.2 Å². The third kappa shape index (κ3) is 3.96. The second-order valence-corrected chi connectivity index (χ2v) is 5.90. The zero-order valence-corrected chi connectivity index (χ0v) is 13.5. The summed E-state index contributed by atoms with van der Waals surface area (Å²) in [6.45, 7) is 0.0139. The fraction of sp³-hybridized carbons (Fsp3) is 0.211. The summed E-state index contributed by atoms with van der Waals surface area (Å²) in [6, 6.07) is 9.99. The van der Waals surface area contributed by atoms with Crippen LogP contribution in [0.2, 0.25) is 0 Å². The van der Waals surface area contributed by atoms with Gasteiger partial charge in [0.2, 0.25) is 5.91 Å². The van der Waals surface area contributed by atoms with Gasteiger partial charge in [-0.2, -0.15) is 0 Å². The Bertz CT molecular complexity index is 882. The lowest BCUT2D eigenvalue weighted by molar-refractivity contribution is -0.121. The molecule has 0 spiro atoms. The van der Waals surface area contributed by atoms with Crippen molar-refractivity contribution in [3.05, 3.63) is 65.4 Å². The first-order valence-corrected chi connectivity index (χ1v) is 8.03. The number of phenolic OH excluding ortho intramolecular Hbond substituents is 1. The lowest BCUT2D eigenvalue weighted by atomic mass is 10.1. The first-order chi connectivity index (χ1) is 12.0. The molecule has 3 aromatic rings. The van der Waals surface area contributed by atoms with E-state index < -0.39 is 17.4 Å². The van der Waals surface area contributed by atoms with Crippen LogP contribution >= 0.6 is 0 Å². The molecule has 1 heterocycles. The fourth-order valence-electron chi connectivity index (χ4n) is 2.79. The third-order valence-corrected chi connectivity index (χ3v) is 4.09. The highest BCUT2D eigenvalue weighted by Gasteiger charge is 2.10. The number of para-hydroxylation sites is 1. The summed E-state index contributed by atoms with van der Waals surface area (Å²) < 4.78 is 26.5. The van der Waals surface area contributed by atoms with Crippen LogP contribution in [0, 0.1) is 11.6 Å². The zero-order chi connectivity index (χ0) is 17.8. The number of carbonyl (C=O) groups excluding carboxylic acids is 1. The van der Waals surface area contributed by atoms with E-state index in [-0.39, 0.29) is 18.0 Å². The quantitative estimate of drug-likeness (QED) is 0.637. The summed E-state index contributed by atoms with van der Waals surface area (Å²) in [6.07, 6.45) is 3.71. The van der Waals surface area contributed by atoms with Crippen molar-refractivity contribution < 1.29 is 18.7 Å². The fourth-order valence-corrected chi connectivity index (χ4v) is 2.79. The van der Waals surface area contributed by atoms with E-state index in [4.69, 9.17) is 5.11 Å². The summed E-state index contributed by atoms with van der Waals surface area (Å²) >= 11 is 0. The minimum absolute atomic E-state index is 0.0139. The second kappa shape index (κ2) is 7.34. The van der Waals surface area contributed by atoms with E-state index >= 15 is 0 Å². The SMILES string of the molecule is O=C(CCCc1c[nH]c2ccccc12)NCc1cc(F)c(O)c(F)c1. The van der Waals surface area contributed by atoms with Crippen LogP contribution in [0.4, 0.5) is 8.78 Å². The second-order valence-electron chi connectivity index (χ2n) is 5.90. The number of carbonyl (C=O) groups is 1. The standard InChI is InChI=1S/C19H18F2N2O2/c20-15-8-12(9-16(21)19(15)25)10-23-18(24)7-3-4-13-11-22-17-6-2-1-5-14(13)17/h1-2,5-6,8-9,11,22,25H,3-4,7,10H2,(H,23,24). The molecule has 0 aliphatic heterocycles. The van der Waals surface area contributed by atoms with E-state index in [0.717, 1.165) is 35.0 Å². The summed E-state index contributed by atoms with van der Waals surface area (Å²) in [4.78, 5) is 15.1. The third-order valence-electron chi connectivity index (χ3n) is 4.09. The van der Waals surface area contributed by atoms with Crippen LogP contribution in [0.25, 0.3) is 10.9 Å². The number of amides is 1. The minimum atomic E-state index is -1.04. The number of benzene rings is 2. The monoisotopic (exact) mass is 344 g/mol. The Balaban J connectivity index is 1.48.